The first-order valence-electron chi connectivity index (χ1n) is 9.93. The molecule has 2 heterocycles. The largest absolute Gasteiger partial charge is 0.352 e. The van der Waals surface area contributed by atoms with Crippen molar-refractivity contribution in [3.8, 4) is 0 Å². The average Bonchev–Trinajstić information content (AvgIpc) is 2.60. The van der Waals surface area contributed by atoms with Gasteiger partial charge in [-0.25, -0.2) is 0 Å². The van der Waals surface area contributed by atoms with Crippen molar-refractivity contribution in [1.82, 2.24) is 20.1 Å². The van der Waals surface area contributed by atoms with E-state index in [1.807, 2.05) is 18.3 Å². The Morgan fingerprint density at radius 2 is 1.68 bits per heavy atom. The zero-order valence-corrected chi connectivity index (χ0v) is 15.3. The van der Waals surface area contributed by atoms with Crippen LogP contribution in [0, 0.1) is 0 Å². The zero-order valence-electron chi connectivity index (χ0n) is 15.3. The summed E-state index contributed by atoms with van der Waals surface area (Å²) < 4.78 is 0. The van der Waals surface area contributed by atoms with Crippen LogP contribution < -0.4 is 5.32 Å². The van der Waals surface area contributed by atoms with E-state index < -0.39 is 0 Å². The third kappa shape index (κ3) is 6.40. The van der Waals surface area contributed by atoms with Crippen molar-refractivity contribution in [1.29, 1.82) is 0 Å². The maximum atomic E-state index is 12.4. The number of hydrogen-bond acceptors (Lipinski definition) is 4. The van der Waals surface area contributed by atoms with Gasteiger partial charge in [0.15, 0.2) is 0 Å². The van der Waals surface area contributed by atoms with Gasteiger partial charge in [0.05, 0.1) is 12.2 Å². The van der Waals surface area contributed by atoms with Crippen LogP contribution in [0.15, 0.2) is 24.4 Å². The molecule has 0 radical (unpaired) electrons. The smallest absolute Gasteiger partial charge is 0.234 e. The number of carbonyl (C=O) groups is 1. The zero-order chi connectivity index (χ0) is 17.3. The molecule has 1 amide bonds. The van der Waals surface area contributed by atoms with Crippen molar-refractivity contribution < 1.29 is 4.79 Å². The lowest BCUT2D eigenvalue weighted by Gasteiger charge is -2.34. The Kier molecular flexibility index (Phi) is 7.24. The molecule has 0 atom stereocenters. The molecule has 0 unspecified atom stereocenters. The second-order valence-corrected chi connectivity index (χ2v) is 7.48. The van der Waals surface area contributed by atoms with E-state index in [2.05, 4.69) is 26.2 Å². The summed E-state index contributed by atoms with van der Waals surface area (Å²) in [5.41, 5.74) is 1.12. The summed E-state index contributed by atoms with van der Waals surface area (Å²) in [5.74, 6) is 0.212. The maximum absolute atomic E-state index is 12.4. The number of amides is 1. The molecule has 0 aromatic carbocycles. The second kappa shape index (κ2) is 9.88. The van der Waals surface area contributed by atoms with Crippen LogP contribution in [-0.4, -0.2) is 59.5 Å². The van der Waals surface area contributed by atoms with E-state index in [9.17, 15) is 4.79 Å². The minimum atomic E-state index is 0.212. The molecule has 1 N–H and O–H groups in total. The van der Waals surface area contributed by atoms with Gasteiger partial charge in [-0.15, -0.1) is 0 Å². The summed E-state index contributed by atoms with van der Waals surface area (Å²) in [6.45, 7) is 5.40. The Labute approximate surface area is 151 Å². The van der Waals surface area contributed by atoms with Gasteiger partial charge >= 0.3 is 0 Å². The number of hydrogen-bond donors (Lipinski definition) is 1. The highest BCUT2D eigenvalue weighted by molar-refractivity contribution is 5.78. The van der Waals surface area contributed by atoms with Crippen molar-refractivity contribution in [2.24, 2.45) is 0 Å². The van der Waals surface area contributed by atoms with Gasteiger partial charge in [-0.2, -0.15) is 0 Å². The first-order chi connectivity index (χ1) is 12.3. The molecule has 25 heavy (non-hydrogen) atoms. The van der Waals surface area contributed by atoms with Gasteiger partial charge in [-0.3, -0.25) is 19.6 Å². The predicted molar refractivity (Wildman–Crippen MR) is 100 cm³/mol. The van der Waals surface area contributed by atoms with E-state index >= 15 is 0 Å². The number of rotatable bonds is 5. The molecule has 1 aromatic heterocycles. The fourth-order valence-corrected chi connectivity index (χ4v) is 3.90. The molecule has 2 aliphatic rings. The molecule has 138 valence electrons. The van der Waals surface area contributed by atoms with E-state index in [4.69, 9.17) is 0 Å². The minimum Gasteiger partial charge on any atom is -0.352 e. The van der Waals surface area contributed by atoms with Gasteiger partial charge in [0.2, 0.25) is 5.91 Å². The van der Waals surface area contributed by atoms with Gasteiger partial charge in [0.1, 0.15) is 0 Å². The summed E-state index contributed by atoms with van der Waals surface area (Å²) in [6.07, 6.45) is 10.7. The predicted octanol–water partition coefficient (Wildman–Crippen LogP) is 2.43. The molecule has 1 saturated carbocycles. The van der Waals surface area contributed by atoms with Gasteiger partial charge in [0.25, 0.3) is 0 Å². The number of nitrogens with one attached hydrogen (secondary N) is 1. The van der Waals surface area contributed by atoms with E-state index in [-0.39, 0.29) is 5.91 Å². The van der Waals surface area contributed by atoms with Crippen molar-refractivity contribution >= 4 is 5.91 Å². The van der Waals surface area contributed by atoms with Crippen LogP contribution in [0.2, 0.25) is 0 Å². The SMILES string of the molecule is O=C(CN1CCN(Cc2ccccn2)CC1)NC1CCCCCCC1. The van der Waals surface area contributed by atoms with Crippen LogP contribution in [0.1, 0.15) is 50.6 Å². The highest BCUT2D eigenvalue weighted by Gasteiger charge is 2.21. The lowest BCUT2D eigenvalue weighted by Crippen LogP contribution is -2.50. The van der Waals surface area contributed by atoms with Crippen LogP contribution in [0.3, 0.4) is 0 Å². The molecular formula is C20H32N4O. The number of piperazine rings is 1. The van der Waals surface area contributed by atoms with Crippen molar-refractivity contribution in [2.75, 3.05) is 32.7 Å². The molecule has 0 bridgehead atoms. The van der Waals surface area contributed by atoms with E-state index in [0.717, 1.165) is 51.3 Å². The van der Waals surface area contributed by atoms with Crippen molar-refractivity contribution in [2.45, 2.75) is 57.5 Å². The van der Waals surface area contributed by atoms with Crippen LogP contribution in [0.5, 0.6) is 0 Å². The summed E-state index contributed by atoms with van der Waals surface area (Å²) in [5, 5.41) is 3.28. The Bertz CT molecular complexity index is 506. The number of aromatic nitrogens is 1. The molecule has 5 nitrogen and oxygen atoms in total. The second-order valence-electron chi connectivity index (χ2n) is 7.48. The Morgan fingerprint density at radius 1 is 1.00 bits per heavy atom. The highest BCUT2D eigenvalue weighted by atomic mass is 16.2. The fraction of sp³-hybridized carbons (Fsp3) is 0.700. The molecule has 5 heteroatoms. The number of nitrogens with zero attached hydrogens (tertiary/aromatic N) is 3. The normalized spacial score (nSPS) is 21.4. The van der Waals surface area contributed by atoms with Crippen LogP contribution in [-0.2, 0) is 11.3 Å². The first-order valence-corrected chi connectivity index (χ1v) is 9.93. The standard InChI is InChI=1S/C20H32N4O/c25-20(22-18-8-4-2-1-3-5-9-18)17-24-14-12-23(13-15-24)16-19-10-6-7-11-21-19/h6-7,10-11,18H,1-5,8-9,12-17H2,(H,22,25). The van der Waals surface area contributed by atoms with E-state index in [1.54, 1.807) is 0 Å². The summed E-state index contributed by atoms with van der Waals surface area (Å²) in [7, 11) is 0. The van der Waals surface area contributed by atoms with Gasteiger partial charge in [-0.05, 0) is 25.0 Å². The molecule has 1 aliphatic carbocycles. The summed E-state index contributed by atoms with van der Waals surface area (Å²) in [4.78, 5) is 21.5. The van der Waals surface area contributed by atoms with Crippen molar-refractivity contribution in [3.63, 3.8) is 0 Å². The Morgan fingerprint density at radius 3 is 2.36 bits per heavy atom. The summed E-state index contributed by atoms with van der Waals surface area (Å²) >= 11 is 0. The van der Waals surface area contributed by atoms with E-state index in [1.165, 1.54) is 32.1 Å². The third-order valence-electron chi connectivity index (χ3n) is 5.41. The third-order valence-corrected chi connectivity index (χ3v) is 5.41. The quantitative estimate of drug-likeness (QED) is 0.891. The molecule has 1 aliphatic heterocycles. The Balaban J connectivity index is 1.35. The first kappa shape index (κ1) is 18.3. The van der Waals surface area contributed by atoms with Gasteiger partial charge in [-0.1, -0.05) is 38.2 Å². The van der Waals surface area contributed by atoms with Crippen molar-refractivity contribution in [3.05, 3.63) is 30.1 Å². The molecule has 2 fully saturated rings. The fourth-order valence-electron chi connectivity index (χ4n) is 3.90. The molecule has 0 spiro atoms. The Hall–Kier alpha value is -1.46. The van der Waals surface area contributed by atoms with E-state index in [0.29, 0.717) is 12.6 Å². The molecule has 3 rings (SSSR count). The number of carbonyl (C=O) groups excluding carboxylic acids is 1. The maximum Gasteiger partial charge on any atom is 0.234 e. The minimum absolute atomic E-state index is 0.212. The average molecular weight is 345 g/mol. The molecule has 1 saturated heterocycles. The molecular weight excluding hydrogens is 312 g/mol. The monoisotopic (exact) mass is 344 g/mol. The van der Waals surface area contributed by atoms with Crippen LogP contribution in [0.4, 0.5) is 0 Å². The lowest BCUT2D eigenvalue weighted by atomic mass is 9.97. The number of pyridine rings is 1. The van der Waals surface area contributed by atoms with Crippen LogP contribution in [0.25, 0.3) is 0 Å². The van der Waals surface area contributed by atoms with Gasteiger partial charge in [0, 0.05) is 45.0 Å². The van der Waals surface area contributed by atoms with Gasteiger partial charge < -0.3 is 5.32 Å². The van der Waals surface area contributed by atoms with Crippen LogP contribution >= 0.6 is 0 Å². The lowest BCUT2D eigenvalue weighted by molar-refractivity contribution is -0.123. The topological polar surface area (TPSA) is 48.5 Å². The molecule has 1 aromatic rings. The highest BCUT2D eigenvalue weighted by Crippen LogP contribution is 2.17. The summed E-state index contributed by atoms with van der Waals surface area (Å²) in [6, 6.07) is 6.47.